The highest BCUT2D eigenvalue weighted by atomic mass is 32.2. The van der Waals surface area contributed by atoms with Crippen LogP contribution in [0.15, 0.2) is 35.7 Å². The van der Waals surface area contributed by atoms with Crippen molar-refractivity contribution in [2.45, 2.75) is 5.16 Å². The van der Waals surface area contributed by atoms with E-state index in [4.69, 9.17) is 9.47 Å². The number of hydrogen-bond donors (Lipinski definition) is 0. The summed E-state index contributed by atoms with van der Waals surface area (Å²) in [6.07, 6.45) is 4.62. The molecule has 0 saturated heterocycles. The van der Waals surface area contributed by atoms with E-state index in [0.29, 0.717) is 21.9 Å². The molecule has 0 radical (unpaired) electrons. The van der Waals surface area contributed by atoms with Crippen molar-refractivity contribution in [3.05, 3.63) is 36.4 Å². The summed E-state index contributed by atoms with van der Waals surface area (Å²) >= 11 is 1.43. The Labute approximate surface area is 129 Å². The fraction of sp³-hybridized carbons (Fsp3) is 0.143. The van der Waals surface area contributed by atoms with E-state index in [0.717, 1.165) is 6.20 Å². The number of pyridine rings is 2. The monoisotopic (exact) mass is 318 g/mol. The molecule has 3 heterocycles. The molecule has 22 heavy (non-hydrogen) atoms. The Bertz CT molecular complexity index is 814. The van der Waals surface area contributed by atoms with Crippen LogP contribution in [0.2, 0.25) is 0 Å². The van der Waals surface area contributed by atoms with Crippen LogP contribution >= 0.6 is 11.8 Å². The summed E-state index contributed by atoms with van der Waals surface area (Å²) in [5.41, 5.74) is 0.510. The number of nitrogens with zero attached hydrogens (tertiary/aromatic N) is 4. The highest BCUT2D eigenvalue weighted by Gasteiger charge is 2.12. The van der Waals surface area contributed by atoms with E-state index < -0.39 is 5.82 Å². The lowest BCUT2D eigenvalue weighted by Gasteiger charge is -2.09. The number of fused-ring (bicyclic) bond motifs is 1. The fourth-order valence-electron chi connectivity index (χ4n) is 1.77. The molecule has 6 nitrogen and oxygen atoms in total. The molecule has 0 aliphatic heterocycles. The zero-order valence-electron chi connectivity index (χ0n) is 11.8. The van der Waals surface area contributed by atoms with Crippen molar-refractivity contribution >= 4 is 22.8 Å². The van der Waals surface area contributed by atoms with Crippen molar-refractivity contribution in [2.75, 3.05) is 13.4 Å². The molecule has 3 rings (SSSR count). The summed E-state index contributed by atoms with van der Waals surface area (Å²) in [4.78, 5) is 16.6. The predicted molar refractivity (Wildman–Crippen MR) is 79.9 cm³/mol. The minimum Gasteiger partial charge on any atom is -0.478 e. The van der Waals surface area contributed by atoms with Crippen LogP contribution in [0, 0.1) is 5.82 Å². The van der Waals surface area contributed by atoms with E-state index in [2.05, 4.69) is 19.9 Å². The molecule has 0 aliphatic carbocycles. The molecule has 112 valence electrons. The number of thioether (sulfide) groups is 1. The van der Waals surface area contributed by atoms with Crippen LogP contribution in [0.4, 0.5) is 4.39 Å². The first-order chi connectivity index (χ1) is 10.7. The third kappa shape index (κ3) is 2.91. The summed E-state index contributed by atoms with van der Waals surface area (Å²) in [6.45, 7) is 0. The average Bonchev–Trinajstić information content (AvgIpc) is 2.55. The maximum Gasteiger partial charge on any atom is 0.259 e. The summed E-state index contributed by atoms with van der Waals surface area (Å²) in [5.74, 6) is 0.426. The van der Waals surface area contributed by atoms with E-state index >= 15 is 0 Å². The number of ether oxygens (including phenoxy) is 2. The number of halogens is 1. The molecule has 3 aromatic rings. The molecule has 0 N–H and O–H groups in total. The summed E-state index contributed by atoms with van der Waals surface area (Å²) < 4.78 is 23.7. The highest BCUT2D eigenvalue weighted by molar-refractivity contribution is 7.98. The van der Waals surface area contributed by atoms with Crippen molar-refractivity contribution in [2.24, 2.45) is 0 Å². The maximum atomic E-state index is 12.9. The lowest BCUT2D eigenvalue weighted by molar-refractivity contribution is 0.361. The molecular formula is C14H11FN4O2S. The van der Waals surface area contributed by atoms with E-state index in [1.807, 2.05) is 6.26 Å². The summed E-state index contributed by atoms with van der Waals surface area (Å²) in [5, 5.41) is 1.33. The van der Waals surface area contributed by atoms with Crippen LogP contribution in [0.25, 0.3) is 11.0 Å². The molecular weight excluding hydrogens is 307 g/mol. The molecule has 0 fully saturated rings. The number of rotatable bonds is 4. The second-order valence-electron chi connectivity index (χ2n) is 4.18. The maximum absolute atomic E-state index is 12.9. The van der Waals surface area contributed by atoms with Gasteiger partial charge in [-0.3, -0.25) is 0 Å². The molecule has 0 unspecified atom stereocenters. The molecule has 0 atom stereocenters. The van der Waals surface area contributed by atoms with E-state index in [9.17, 15) is 4.39 Å². The SMILES string of the molecule is COc1nc2nc(SC)ncc2cc1Oc1ccc(F)cn1. The van der Waals surface area contributed by atoms with Crippen LogP contribution in [0.1, 0.15) is 0 Å². The topological polar surface area (TPSA) is 70.0 Å². The Morgan fingerprint density at radius 2 is 2.00 bits per heavy atom. The first kappa shape index (κ1) is 14.5. The van der Waals surface area contributed by atoms with Gasteiger partial charge in [0.25, 0.3) is 5.88 Å². The molecule has 8 heteroatoms. The molecule has 0 spiro atoms. The van der Waals surface area contributed by atoms with Gasteiger partial charge < -0.3 is 9.47 Å². The van der Waals surface area contributed by atoms with Gasteiger partial charge in [0.1, 0.15) is 5.82 Å². The van der Waals surface area contributed by atoms with E-state index in [1.54, 1.807) is 12.3 Å². The lowest BCUT2D eigenvalue weighted by Crippen LogP contribution is -1.97. The van der Waals surface area contributed by atoms with Crippen molar-refractivity contribution in [1.82, 2.24) is 19.9 Å². The zero-order chi connectivity index (χ0) is 15.5. The quantitative estimate of drug-likeness (QED) is 0.541. The summed E-state index contributed by atoms with van der Waals surface area (Å²) in [6, 6.07) is 4.39. The number of methoxy groups -OCH3 is 1. The predicted octanol–water partition coefficient (Wildman–Crippen LogP) is 3.08. The lowest BCUT2D eigenvalue weighted by atomic mass is 10.3. The second kappa shape index (κ2) is 6.10. The van der Waals surface area contributed by atoms with Gasteiger partial charge in [-0.2, -0.15) is 4.98 Å². The standard InChI is InChI=1S/C14H11FN4O2S/c1-20-13-10(21-11-4-3-9(15)7-16-11)5-8-6-17-14(22-2)19-12(8)18-13/h3-7H,1-2H3. The molecule has 0 bridgehead atoms. The van der Waals surface area contributed by atoms with Crippen LogP contribution < -0.4 is 9.47 Å². The minimum absolute atomic E-state index is 0.238. The van der Waals surface area contributed by atoms with Gasteiger partial charge in [0.2, 0.25) is 5.88 Å². The molecule has 0 aromatic carbocycles. The highest BCUT2D eigenvalue weighted by Crippen LogP contribution is 2.31. The van der Waals surface area contributed by atoms with Crippen molar-refractivity contribution in [1.29, 1.82) is 0 Å². The van der Waals surface area contributed by atoms with Gasteiger partial charge >= 0.3 is 0 Å². The first-order valence-corrected chi connectivity index (χ1v) is 7.47. The number of aromatic nitrogens is 4. The molecule has 0 amide bonds. The fourth-order valence-corrected chi connectivity index (χ4v) is 2.10. The van der Waals surface area contributed by atoms with Gasteiger partial charge in [0.15, 0.2) is 16.6 Å². The van der Waals surface area contributed by atoms with Crippen LogP contribution in [0.3, 0.4) is 0 Å². The average molecular weight is 318 g/mol. The Balaban J connectivity index is 2.02. The Hall–Kier alpha value is -2.48. The third-order valence-electron chi connectivity index (χ3n) is 2.77. The summed E-state index contributed by atoms with van der Waals surface area (Å²) in [7, 11) is 1.48. The Morgan fingerprint density at radius 3 is 2.68 bits per heavy atom. The van der Waals surface area contributed by atoms with Crippen LogP contribution in [0.5, 0.6) is 17.5 Å². The second-order valence-corrected chi connectivity index (χ2v) is 4.96. The normalized spacial score (nSPS) is 10.7. The van der Waals surface area contributed by atoms with Crippen LogP contribution in [-0.2, 0) is 0 Å². The molecule has 0 aliphatic rings. The van der Waals surface area contributed by atoms with Crippen molar-refractivity contribution < 1.29 is 13.9 Å². The van der Waals surface area contributed by atoms with Crippen molar-refractivity contribution in [3.8, 4) is 17.5 Å². The van der Waals surface area contributed by atoms with Gasteiger partial charge in [0.05, 0.1) is 13.3 Å². The molecule has 3 aromatic heterocycles. The first-order valence-electron chi connectivity index (χ1n) is 6.25. The van der Waals surface area contributed by atoms with Gasteiger partial charge in [-0.15, -0.1) is 0 Å². The van der Waals surface area contributed by atoms with E-state index in [-0.39, 0.29) is 11.8 Å². The van der Waals surface area contributed by atoms with Gasteiger partial charge in [-0.25, -0.2) is 19.3 Å². The van der Waals surface area contributed by atoms with Crippen LogP contribution in [-0.4, -0.2) is 33.3 Å². The van der Waals surface area contributed by atoms with Gasteiger partial charge in [-0.05, 0) is 18.4 Å². The minimum atomic E-state index is -0.436. The van der Waals surface area contributed by atoms with Gasteiger partial charge in [-0.1, -0.05) is 11.8 Å². The smallest absolute Gasteiger partial charge is 0.259 e. The zero-order valence-corrected chi connectivity index (χ0v) is 12.6. The van der Waals surface area contributed by atoms with E-state index in [1.165, 1.54) is 31.0 Å². The molecule has 0 saturated carbocycles. The largest absolute Gasteiger partial charge is 0.478 e. The van der Waals surface area contributed by atoms with Gasteiger partial charge in [0, 0.05) is 17.6 Å². The number of hydrogen-bond acceptors (Lipinski definition) is 7. The Morgan fingerprint density at radius 1 is 1.14 bits per heavy atom. The Kier molecular flexibility index (Phi) is 4.01. The van der Waals surface area contributed by atoms with Crippen molar-refractivity contribution in [3.63, 3.8) is 0 Å². The third-order valence-corrected chi connectivity index (χ3v) is 3.33.